The number of aryl methyl sites for hydroxylation is 2. The standard InChI is InChI=1S/C23H21ClN4O3S/c1-16-10-11-17(14-22(16)32(30,31)27-19-7-3-2-6-18(19)24)26-23(29)12-13-28-15-25-20-8-4-5-9-21(20)28/h2-11,14-15,27H,12-13H2,1H3,(H,26,29). The Labute approximate surface area is 191 Å². The molecule has 0 aliphatic rings. The van der Waals surface area contributed by atoms with E-state index in [2.05, 4.69) is 15.0 Å². The fraction of sp³-hybridized carbons (Fsp3) is 0.130. The first kappa shape index (κ1) is 21.9. The highest BCUT2D eigenvalue weighted by molar-refractivity contribution is 7.92. The normalized spacial score (nSPS) is 11.4. The monoisotopic (exact) mass is 468 g/mol. The zero-order valence-electron chi connectivity index (χ0n) is 17.2. The van der Waals surface area contributed by atoms with Gasteiger partial charge in [0.15, 0.2) is 0 Å². The summed E-state index contributed by atoms with van der Waals surface area (Å²) >= 11 is 6.08. The maximum Gasteiger partial charge on any atom is 0.262 e. The predicted molar refractivity (Wildman–Crippen MR) is 126 cm³/mol. The minimum absolute atomic E-state index is 0.0656. The van der Waals surface area contributed by atoms with Gasteiger partial charge in [0.25, 0.3) is 10.0 Å². The number of hydrogen-bond acceptors (Lipinski definition) is 4. The van der Waals surface area contributed by atoms with Crippen LogP contribution in [0.1, 0.15) is 12.0 Å². The Hall–Kier alpha value is -3.36. The van der Waals surface area contributed by atoms with Gasteiger partial charge in [0.2, 0.25) is 5.91 Å². The molecule has 1 amide bonds. The summed E-state index contributed by atoms with van der Waals surface area (Å²) in [5.41, 5.74) is 3.06. The van der Waals surface area contributed by atoms with Crippen LogP contribution in [0.15, 0.2) is 78.0 Å². The van der Waals surface area contributed by atoms with Gasteiger partial charge in [-0.15, -0.1) is 0 Å². The molecule has 0 atom stereocenters. The van der Waals surface area contributed by atoms with Crippen LogP contribution in [-0.4, -0.2) is 23.9 Å². The first-order valence-electron chi connectivity index (χ1n) is 9.91. The fourth-order valence-corrected chi connectivity index (χ4v) is 4.94. The van der Waals surface area contributed by atoms with Crippen molar-refractivity contribution < 1.29 is 13.2 Å². The Morgan fingerprint density at radius 1 is 1.06 bits per heavy atom. The zero-order chi connectivity index (χ0) is 22.7. The fourth-order valence-electron chi connectivity index (χ4n) is 3.35. The molecule has 164 valence electrons. The van der Waals surface area contributed by atoms with E-state index in [-0.39, 0.29) is 22.9 Å². The first-order valence-corrected chi connectivity index (χ1v) is 11.8. The van der Waals surface area contributed by atoms with Gasteiger partial charge in [-0.2, -0.15) is 0 Å². The molecule has 0 unspecified atom stereocenters. The average Bonchev–Trinajstić information content (AvgIpc) is 3.18. The van der Waals surface area contributed by atoms with Crippen LogP contribution in [0, 0.1) is 6.92 Å². The third kappa shape index (κ3) is 4.76. The minimum atomic E-state index is -3.89. The Morgan fingerprint density at radius 3 is 2.62 bits per heavy atom. The van der Waals surface area contributed by atoms with E-state index in [0.29, 0.717) is 22.8 Å². The molecule has 0 fully saturated rings. The molecule has 4 rings (SSSR count). The van der Waals surface area contributed by atoms with Crippen LogP contribution in [0.25, 0.3) is 11.0 Å². The SMILES string of the molecule is Cc1ccc(NC(=O)CCn2cnc3ccccc32)cc1S(=O)(=O)Nc1ccccc1Cl. The summed E-state index contributed by atoms with van der Waals surface area (Å²) in [6.45, 7) is 2.15. The molecular weight excluding hydrogens is 448 g/mol. The van der Waals surface area contributed by atoms with Crippen LogP contribution in [0.3, 0.4) is 0 Å². The molecule has 1 aromatic heterocycles. The number of hydrogen-bond donors (Lipinski definition) is 2. The van der Waals surface area contributed by atoms with Crippen molar-refractivity contribution in [2.45, 2.75) is 24.8 Å². The summed E-state index contributed by atoms with van der Waals surface area (Å²) in [5.74, 6) is -0.228. The van der Waals surface area contributed by atoms with Crippen molar-refractivity contribution in [3.05, 3.63) is 83.6 Å². The smallest absolute Gasteiger partial charge is 0.262 e. The molecule has 2 N–H and O–H groups in total. The minimum Gasteiger partial charge on any atom is -0.330 e. The first-order chi connectivity index (χ1) is 15.3. The number of nitrogens with one attached hydrogen (secondary N) is 2. The van der Waals surface area contributed by atoms with Crippen LogP contribution >= 0.6 is 11.6 Å². The number of halogens is 1. The van der Waals surface area contributed by atoms with Gasteiger partial charge >= 0.3 is 0 Å². The number of carbonyl (C=O) groups is 1. The van der Waals surface area contributed by atoms with Crippen LogP contribution in [-0.2, 0) is 21.4 Å². The number of sulfonamides is 1. The lowest BCUT2D eigenvalue weighted by molar-refractivity contribution is -0.116. The van der Waals surface area contributed by atoms with Crippen LogP contribution in [0.4, 0.5) is 11.4 Å². The van der Waals surface area contributed by atoms with E-state index in [1.807, 2.05) is 28.8 Å². The van der Waals surface area contributed by atoms with Gasteiger partial charge in [0.1, 0.15) is 0 Å². The molecule has 0 saturated heterocycles. The number of amides is 1. The van der Waals surface area contributed by atoms with Gasteiger partial charge < -0.3 is 9.88 Å². The van der Waals surface area contributed by atoms with Crippen LogP contribution < -0.4 is 10.0 Å². The molecular formula is C23H21ClN4O3S. The molecule has 7 nitrogen and oxygen atoms in total. The van der Waals surface area contributed by atoms with E-state index in [0.717, 1.165) is 11.0 Å². The summed E-state index contributed by atoms with van der Waals surface area (Å²) in [7, 11) is -3.89. The Balaban J connectivity index is 1.47. The van der Waals surface area contributed by atoms with Crippen molar-refractivity contribution in [1.82, 2.24) is 9.55 Å². The number of aromatic nitrogens is 2. The average molecular weight is 469 g/mol. The van der Waals surface area contributed by atoms with Crippen LogP contribution in [0.5, 0.6) is 0 Å². The highest BCUT2D eigenvalue weighted by Crippen LogP contribution is 2.27. The predicted octanol–water partition coefficient (Wildman–Crippen LogP) is 4.83. The number of nitrogens with zero attached hydrogens (tertiary/aromatic N) is 2. The molecule has 0 aliphatic carbocycles. The molecule has 9 heteroatoms. The van der Waals surface area contributed by atoms with E-state index in [4.69, 9.17) is 11.6 Å². The molecule has 0 aliphatic heterocycles. The number of fused-ring (bicyclic) bond motifs is 1. The third-order valence-corrected chi connectivity index (χ3v) is 6.82. The molecule has 32 heavy (non-hydrogen) atoms. The lowest BCUT2D eigenvalue weighted by Gasteiger charge is -2.13. The molecule has 0 saturated carbocycles. The quantitative estimate of drug-likeness (QED) is 0.406. The largest absolute Gasteiger partial charge is 0.330 e. The third-order valence-electron chi connectivity index (χ3n) is 4.99. The van der Waals surface area contributed by atoms with Gasteiger partial charge in [-0.25, -0.2) is 13.4 Å². The Kier molecular flexibility index (Phi) is 6.16. The second-order valence-corrected chi connectivity index (χ2v) is 9.35. The molecule has 0 radical (unpaired) electrons. The molecule has 0 bridgehead atoms. The van der Waals surface area contributed by atoms with E-state index in [9.17, 15) is 13.2 Å². The Morgan fingerprint density at radius 2 is 1.81 bits per heavy atom. The maximum absolute atomic E-state index is 12.9. The number of para-hydroxylation sites is 3. The van der Waals surface area contributed by atoms with Crippen molar-refractivity contribution in [3.8, 4) is 0 Å². The summed E-state index contributed by atoms with van der Waals surface area (Å²) in [6, 6.07) is 19.1. The number of carbonyl (C=O) groups excluding carboxylic acids is 1. The zero-order valence-corrected chi connectivity index (χ0v) is 18.8. The Bertz CT molecular complexity index is 1400. The summed E-state index contributed by atoms with van der Waals surface area (Å²) in [5, 5.41) is 3.07. The van der Waals surface area contributed by atoms with E-state index < -0.39 is 10.0 Å². The number of anilines is 2. The van der Waals surface area contributed by atoms with Crippen molar-refractivity contribution in [2.75, 3.05) is 10.0 Å². The van der Waals surface area contributed by atoms with Gasteiger partial charge in [0, 0.05) is 18.7 Å². The van der Waals surface area contributed by atoms with E-state index in [1.54, 1.807) is 49.6 Å². The van der Waals surface area contributed by atoms with E-state index >= 15 is 0 Å². The topological polar surface area (TPSA) is 93.1 Å². The van der Waals surface area contributed by atoms with Crippen molar-refractivity contribution >= 4 is 49.9 Å². The van der Waals surface area contributed by atoms with Crippen LogP contribution in [0.2, 0.25) is 5.02 Å². The van der Waals surface area contributed by atoms with Crippen molar-refractivity contribution in [1.29, 1.82) is 0 Å². The molecule has 4 aromatic rings. The maximum atomic E-state index is 12.9. The highest BCUT2D eigenvalue weighted by Gasteiger charge is 2.19. The number of rotatable bonds is 7. The van der Waals surface area contributed by atoms with Gasteiger partial charge in [0.05, 0.1) is 33.0 Å². The van der Waals surface area contributed by atoms with Gasteiger partial charge in [-0.1, -0.05) is 41.9 Å². The second-order valence-electron chi connectivity index (χ2n) is 7.29. The highest BCUT2D eigenvalue weighted by atomic mass is 35.5. The van der Waals surface area contributed by atoms with Gasteiger partial charge in [-0.05, 0) is 48.9 Å². The van der Waals surface area contributed by atoms with Gasteiger partial charge in [-0.3, -0.25) is 9.52 Å². The second kappa shape index (κ2) is 9.02. The molecule has 0 spiro atoms. The van der Waals surface area contributed by atoms with E-state index in [1.165, 1.54) is 6.07 Å². The number of imidazole rings is 1. The summed E-state index contributed by atoms with van der Waals surface area (Å²) < 4.78 is 30.3. The van der Waals surface area contributed by atoms with Crippen molar-refractivity contribution in [2.24, 2.45) is 0 Å². The summed E-state index contributed by atoms with van der Waals surface area (Å²) in [6.07, 6.45) is 1.92. The molecule has 1 heterocycles. The summed E-state index contributed by atoms with van der Waals surface area (Å²) in [4.78, 5) is 16.9. The molecule has 3 aromatic carbocycles. The lowest BCUT2D eigenvalue weighted by Crippen LogP contribution is -2.17. The number of benzene rings is 3. The van der Waals surface area contributed by atoms with Crippen molar-refractivity contribution in [3.63, 3.8) is 0 Å². The lowest BCUT2D eigenvalue weighted by atomic mass is 10.2.